The number of ether oxygens (including phenoxy) is 1. The lowest BCUT2D eigenvalue weighted by atomic mass is 9.95. The number of fused-ring (bicyclic) bond motifs is 3. The number of nitrogens with one attached hydrogen (secondary N) is 7. The number of aromatic nitrogens is 1. The summed E-state index contributed by atoms with van der Waals surface area (Å²) < 4.78 is 19.2. The molecule has 0 radical (unpaired) electrons. The number of aromatic amines is 1. The van der Waals surface area contributed by atoms with E-state index in [1.54, 1.807) is 39.0 Å². The Labute approximate surface area is 469 Å². The Bertz CT molecular complexity index is 2570. The van der Waals surface area contributed by atoms with Crippen LogP contribution >= 0.6 is 11.8 Å². The maximum Gasteiger partial charge on any atom is 0.326 e. The number of benzene rings is 1. The zero-order chi connectivity index (χ0) is 59.7. The number of H-pyrrole nitrogens is 1. The number of rotatable bonds is 18. The highest BCUT2D eigenvalue weighted by Gasteiger charge is 2.46. The van der Waals surface area contributed by atoms with E-state index in [4.69, 9.17) is 25.1 Å². The number of aliphatic hydroxyl groups excluding tert-OH is 1. The Morgan fingerprint density at radius 3 is 2.10 bits per heavy atom. The monoisotopic (exact) mass is 1160 g/mol. The molecular formula is C52H86N10O14SSi2. The van der Waals surface area contributed by atoms with Gasteiger partial charge in [0.1, 0.15) is 36.0 Å². The SMILES string of the molecule is CC[C@H](C)[C@@H]1NC(=O)CNC(=O)[C@H](NC(=O)[C@@H](N)[C@@H](C)C(CO[Si](C)(C)C(C)(C)C)O[Si](C)(C)C(C)(C)C)Cc2c([nH]c3cc(OC)ccc23)SC[C@H](C(=O)N[C@H](CC(N)=O)C(=O)N2C[C@H](O)C[C@H]2C(=O)O)NC(=O)CNC1=O. The molecule has 2 aliphatic heterocycles. The lowest BCUT2D eigenvalue weighted by Gasteiger charge is -2.43. The van der Waals surface area contributed by atoms with Gasteiger partial charge in [-0.2, -0.15) is 0 Å². The number of hydrogen-bond acceptors (Lipinski definition) is 15. The van der Waals surface area contributed by atoms with Crippen LogP contribution in [0.2, 0.25) is 36.3 Å². The number of carbonyl (C=O) groups excluding carboxylic acids is 8. The number of aliphatic hydroxyl groups is 1. The van der Waals surface area contributed by atoms with Crippen molar-refractivity contribution >= 4 is 92.5 Å². The van der Waals surface area contributed by atoms with Gasteiger partial charge in [-0.15, -0.1) is 11.8 Å². The molecule has 442 valence electrons. The molecule has 24 nitrogen and oxygen atoms in total. The molecule has 8 amide bonds. The molecule has 27 heteroatoms. The zero-order valence-corrected chi connectivity index (χ0v) is 51.0. The van der Waals surface area contributed by atoms with E-state index in [0.29, 0.717) is 33.7 Å². The first kappa shape index (κ1) is 65.9. The minimum absolute atomic E-state index is 0.137. The number of aliphatic carboxylic acids is 1. The lowest BCUT2D eigenvalue weighted by Crippen LogP contribution is -2.59. The van der Waals surface area contributed by atoms with Gasteiger partial charge in [0.15, 0.2) is 16.6 Å². The van der Waals surface area contributed by atoms with Crippen molar-refractivity contribution in [1.29, 1.82) is 0 Å². The standard InChI is InChI=1S/C52H86N10O14SSi2/c1-15-27(2)43-47(70)56-22-40(65)57-36(45(68)59-35(21-39(53)64)49(71)62-24-29(63)18-37(62)50(72)73)26-77-48-32(31-17-16-30(74-10)19-33(31)60-48)20-34(44(67)55-23-41(66)61-43)58-46(69)42(54)28(3)38(76-79(13,14)52(7,8)9)25-75-78(11,12)51(4,5)6/h16-17,19,27-29,34-38,42-43,60,63H,15,18,20-26,54H2,1-14H3,(H2,53,64)(H,55,67)(H,56,70)(H,57,65)(H,58,69)(H,59,68)(H,61,66)(H,72,73)/t27-,28-,29+,34+,35+,36+,37-,38?,42-,43-/m0/s1. The van der Waals surface area contributed by atoms with Gasteiger partial charge in [-0.3, -0.25) is 38.4 Å². The maximum absolute atomic E-state index is 14.7. The van der Waals surface area contributed by atoms with E-state index < -0.39 is 156 Å². The maximum atomic E-state index is 14.7. The lowest BCUT2D eigenvalue weighted by molar-refractivity contribution is -0.149. The number of amides is 8. The molecule has 0 saturated carbocycles. The van der Waals surface area contributed by atoms with E-state index in [-0.39, 0.29) is 35.3 Å². The number of carboxylic acids is 1. The van der Waals surface area contributed by atoms with Crippen LogP contribution in [-0.2, 0) is 58.4 Å². The van der Waals surface area contributed by atoms with E-state index >= 15 is 0 Å². The molecule has 2 aliphatic rings. The molecule has 4 rings (SSSR count). The van der Waals surface area contributed by atoms with Gasteiger partial charge in [0.25, 0.3) is 0 Å². The molecule has 3 heterocycles. The average Bonchev–Trinajstić information content (AvgIpc) is 3.93. The predicted molar refractivity (Wildman–Crippen MR) is 302 cm³/mol. The summed E-state index contributed by atoms with van der Waals surface area (Å²) in [6, 6.07) is -3.56. The number of likely N-dealkylation sites (tertiary alicyclic amines) is 1. The van der Waals surface area contributed by atoms with Crippen molar-refractivity contribution in [3.8, 4) is 5.75 Å². The summed E-state index contributed by atoms with van der Waals surface area (Å²) in [6.45, 7) is 24.9. The summed E-state index contributed by atoms with van der Waals surface area (Å²) >= 11 is 0.995. The summed E-state index contributed by atoms with van der Waals surface area (Å²) in [5, 5.41) is 36.3. The van der Waals surface area contributed by atoms with Gasteiger partial charge < -0.3 is 77.1 Å². The number of hydrogen-bond donors (Lipinski definition) is 11. The number of carboxylic acid groups (broad SMARTS) is 1. The van der Waals surface area contributed by atoms with Crippen molar-refractivity contribution in [1.82, 2.24) is 41.8 Å². The molecule has 13 N–H and O–H groups in total. The first-order valence-electron chi connectivity index (χ1n) is 26.7. The van der Waals surface area contributed by atoms with Crippen LogP contribution in [-0.4, -0.2) is 178 Å². The van der Waals surface area contributed by atoms with E-state index in [1.165, 1.54) is 7.11 Å². The molecule has 1 unspecified atom stereocenters. The number of thioether (sulfide) groups is 1. The Morgan fingerprint density at radius 1 is 0.924 bits per heavy atom. The number of nitrogens with zero attached hydrogens (tertiary/aromatic N) is 1. The van der Waals surface area contributed by atoms with Gasteiger partial charge in [-0.25, -0.2) is 4.79 Å². The average molecular weight is 1160 g/mol. The van der Waals surface area contributed by atoms with Crippen molar-refractivity contribution in [2.45, 2.75) is 178 Å². The number of nitrogens with two attached hydrogens (primary N) is 2. The van der Waals surface area contributed by atoms with Crippen LogP contribution in [0.1, 0.15) is 87.1 Å². The first-order chi connectivity index (χ1) is 36.5. The quantitative estimate of drug-likeness (QED) is 0.0939. The number of β-amino-alcohol motifs (C(OH)–C–C–N with tert-alkyl or cyclic N) is 1. The fourth-order valence-electron chi connectivity index (χ4n) is 8.42. The zero-order valence-electron chi connectivity index (χ0n) is 48.2. The third-order valence-electron chi connectivity index (χ3n) is 15.8. The second kappa shape index (κ2) is 27.3. The summed E-state index contributed by atoms with van der Waals surface area (Å²) in [7, 11) is -3.37. The molecular weight excluding hydrogens is 1080 g/mol. The Kier molecular flexibility index (Phi) is 22.7. The largest absolute Gasteiger partial charge is 0.497 e. The van der Waals surface area contributed by atoms with Crippen LogP contribution < -0.4 is 48.1 Å². The minimum atomic E-state index is -2.50. The van der Waals surface area contributed by atoms with Gasteiger partial charge >= 0.3 is 5.97 Å². The van der Waals surface area contributed by atoms with Crippen LogP contribution in [0.4, 0.5) is 0 Å². The van der Waals surface area contributed by atoms with Crippen LogP contribution in [0.15, 0.2) is 23.2 Å². The molecule has 1 aromatic carbocycles. The second-order valence-corrected chi connectivity index (χ2v) is 34.3. The molecule has 1 aromatic heterocycles. The normalized spacial score (nSPS) is 22.5. The van der Waals surface area contributed by atoms with Gasteiger partial charge in [-0.1, -0.05) is 68.7 Å². The molecule has 0 spiro atoms. The van der Waals surface area contributed by atoms with Gasteiger partial charge in [0.2, 0.25) is 47.3 Å². The van der Waals surface area contributed by atoms with E-state index in [1.807, 2.05) is 0 Å². The summed E-state index contributed by atoms with van der Waals surface area (Å²) in [5.74, 6) is -9.38. The minimum Gasteiger partial charge on any atom is -0.497 e. The first-order valence-corrected chi connectivity index (χ1v) is 33.5. The topological polar surface area (TPSA) is 365 Å². The molecule has 1 fully saturated rings. The molecule has 2 aromatic rings. The summed E-state index contributed by atoms with van der Waals surface area (Å²) in [6.07, 6.45) is -2.77. The molecule has 79 heavy (non-hydrogen) atoms. The van der Waals surface area contributed by atoms with E-state index in [0.717, 1.165) is 16.7 Å². The second-order valence-electron chi connectivity index (χ2n) is 23.7. The number of methoxy groups -OCH3 is 1. The Balaban J connectivity index is 1.83. The van der Waals surface area contributed by atoms with Crippen molar-refractivity contribution in [2.75, 3.05) is 39.1 Å². The smallest absolute Gasteiger partial charge is 0.326 e. The molecule has 0 bridgehead atoms. The number of carbonyl (C=O) groups is 9. The Morgan fingerprint density at radius 2 is 1.53 bits per heavy atom. The van der Waals surface area contributed by atoms with Crippen molar-refractivity contribution in [3.05, 3.63) is 23.8 Å². The van der Waals surface area contributed by atoms with Crippen molar-refractivity contribution < 1.29 is 67.0 Å². The van der Waals surface area contributed by atoms with Crippen LogP contribution in [0.5, 0.6) is 5.75 Å². The summed E-state index contributed by atoms with van der Waals surface area (Å²) in [5.41, 5.74) is 13.4. The van der Waals surface area contributed by atoms with Gasteiger partial charge in [0, 0.05) is 42.5 Å². The van der Waals surface area contributed by atoms with Crippen molar-refractivity contribution in [2.24, 2.45) is 23.3 Å². The van der Waals surface area contributed by atoms with E-state index in [9.17, 15) is 53.4 Å². The van der Waals surface area contributed by atoms with Gasteiger partial charge in [0.05, 0.1) is 62.0 Å². The molecule has 0 aliphatic carbocycles. The molecule has 1 saturated heterocycles. The number of primary amides is 1. The van der Waals surface area contributed by atoms with Crippen LogP contribution in [0, 0.1) is 11.8 Å². The fraction of sp³-hybridized carbons (Fsp3) is 0.673. The van der Waals surface area contributed by atoms with E-state index in [2.05, 4.69) is 105 Å². The predicted octanol–water partition coefficient (Wildman–Crippen LogP) is 1.34. The highest BCUT2D eigenvalue weighted by Crippen LogP contribution is 2.40. The van der Waals surface area contributed by atoms with Crippen LogP contribution in [0.3, 0.4) is 0 Å². The third kappa shape index (κ3) is 17.5. The Hall–Kier alpha value is -5.59. The van der Waals surface area contributed by atoms with Crippen LogP contribution in [0.25, 0.3) is 10.9 Å². The third-order valence-corrected chi connectivity index (χ3v) is 26.0. The highest BCUT2D eigenvalue weighted by atomic mass is 32.2. The summed E-state index contributed by atoms with van der Waals surface area (Å²) in [4.78, 5) is 127. The van der Waals surface area contributed by atoms with Gasteiger partial charge in [-0.05, 0) is 59.9 Å². The highest BCUT2D eigenvalue weighted by molar-refractivity contribution is 7.99. The van der Waals surface area contributed by atoms with Crippen molar-refractivity contribution in [3.63, 3.8) is 0 Å². The fourth-order valence-corrected chi connectivity index (χ4v) is 11.9. The molecule has 10 atom stereocenters.